The van der Waals surface area contributed by atoms with Crippen LogP contribution in [0.15, 0.2) is 42.5 Å². The standard InChI is InChI=1S/C20H23N5O4/c21-17-8-5-14(10-18(17)25(28)29)20(27)23-16-6-3-13(4-7-16)11-24-9-1-2-15(12-24)19(22)26/h3-8,10,15H,1-2,9,11-12,21H2,(H2,22,26)(H,23,27). The van der Waals surface area contributed by atoms with Gasteiger partial charge < -0.3 is 16.8 Å². The molecule has 1 unspecified atom stereocenters. The highest BCUT2D eigenvalue weighted by atomic mass is 16.6. The fourth-order valence-corrected chi connectivity index (χ4v) is 3.43. The zero-order valence-corrected chi connectivity index (χ0v) is 15.8. The van der Waals surface area contributed by atoms with Crippen LogP contribution in [0.4, 0.5) is 17.1 Å². The molecule has 9 heteroatoms. The molecule has 1 aliphatic rings. The van der Waals surface area contributed by atoms with Gasteiger partial charge >= 0.3 is 0 Å². The number of anilines is 2. The number of amides is 2. The molecule has 1 atom stereocenters. The third kappa shape index (κ3) is 5.08. The molecule has 0 aromatic heterocycles. The molecule has 1 heterocycles. The van der Waals surface area contributed by atoms with E-state index in [9.17, 15) is 19.7 Å². The Labute approximate surface area is 167 Å². The molecular weight excluding hydrogens is 374 g/mol. The summed E-state index contributed by atoms with van der Waals surface area (Å²) in [6, 6.07) is 11.3. The summed E-state index contributed by atoms with van der Waals surface area (Å²) < 4.78 is 0. The van der Waals surface area contributed by atoms with Crippen molar-refractivity contribution in [3.8, 4) is 0 Å². The predicted octanol–water partition coefficient (Wildman–Crippen LogP) is 2.13. The summed E-state index contributed by atoms with van der Waals surface area (Å²) in [5.74, 6) is -0.817. The fraction of sp³-hybridized carbons (Fsp3) is 0.300. The molecule has 1 fully saturated rings. The highest BCUT2D eigenvalue weighted by Crippen LogP contribution is 2.23. The van der Waals surface area contributed by atoms with Crippen molar-refractivity contribution in [2.75, 3.05) is 24.1 Å². The molecule has 1 aliphatic heterocycles. The molecule has 0 bridgehead atoms. The number of rotatable bonds is 6. The summed E-state index contributed by atoms with van der Waals surface area (Å²) in [6.07, 6.45) is 1.77. The Hall–Kier alpha value is -3.46. The Morgan fingerprint density at radius 1 is 1.21 bits per heavy atom. The summed E-state index contributed by atoms with van der Waals surface area (Å²) in [5, 5.41) is 13.7. The van der Waals surface area contributed by atoms with Gasteiger partial charge in [-0.15, -0.1) is 0 Å². The van der Waals surface area contributed by atoms with Crippen LogP contribution in [0, 0.1) is 16.0 Å². The van der Waals surface area contributed by atoms with E-state index >= 15 is 0 Å². The van der Waals surface area contributed by atoms with Crippen LogP contribution in [0.5, 0.6) is 0 Å². The average Bonchev–Trinajstić information content (AvgIpc) is 2.69. The SMILES string of the molecule is NC(=O)C1CCCN(Cc2ccc(NC(=O)c3ccc(N)c([N+](=O)[O-])c3)cc2)C1. The third-order valence-corrected chi connectivity index (χ3v) is 5.02. The minimum absolute atomic E-state index is 0.00666. The first kappa shape index (κ1) is 20.3. The van der Waals surface area contributed by atoms with E-state index in [2.05, 4.69) is 10.2 Å². The summed E-state index contributed by atoms with van der Waals surface area (Å²) in [6.45, 7) is 2.27. The summed E-state index contributed by atoms with van der Waals surface area (Å²) in [5.41, 5.74) is 12.5. The molecule has 5 N–H and O–H groups in total. The van der Waals surface area contributed by atoms with Crippen LogP contribution < -0.4 is 16.8 Å². The molecule has 29 heavy (non-hydrogen) atoms. The average molecular weight is 397 g/mol. The van der Waals surface area contributed by atoms with E-state index in [4.69, 9.17) is 11.5 Å². The van der Waals surface area contributed by atoms with E-state index in [1.54, 1.807) is 12.1 Å². The number of hydrogen-bond donors (Lipinski definition) is 3. The Balaban J connectivity index is 1.62. The van der Waals surface area contributed by atoms with E-state index in [-0.39, 0.29) is 28.8 Å². The van der Waals surface area contributed by atoms with Crippen molar-refractivity contribution in [1.82, 2.24) is 4.90 Å². The van der Waals surface area contributed by atoms with Crippen molar-refractivity contribution >= 4 is 28.9 Å². The fourth-order valence-electron chi connectivity index (χ4n) is 3.43. The van der Waals surface area contributed by atoms with E-state index in [0.29, 0.717) is 18.8 Å². The van der Waals surface area contributed by atoms with Crippen molar-refractivity contribution in [2.24, 2.45) is 11.7 Å². The first-order valence-corrected chi connectivity index (χ1v) is 9.29. The number of hydrogen-bond acceptors (Lipinski definition) is 6. The lowest BCUT2D eigenvalue weighted by atomic mass is 9.97. The van der Waals surface area contributed by atoms with Crippen LogP contribution in [0.3, 0.4) is 0 Å². The lowest BCUT2D eigenvalue weighted by Crippen LogP contribution is -2.40. The predicted molar refractivity (Wildman–Crippen MR) is 109 cm³/mol. The number of nitrogens with zero attached hydrogens (tertiary/aromatic N) is 2. The van der Waals surface area contributed by atoms with Crippen LogP contribution in [0.1, 0.15) is 28.8 Å². The number of carbonyl (C=O) groups is 2. The normalized spacial score (nSPS) is 16.9. The Kier molecular flexibility index (Phi) is 6.08. The van der Waals surface area contributed by atoms with E-state index in [1.807, 2.05) is 12.1 Å². The van der Waals surface area contributed by atoms with Crippen molar-refractivity contribution in [3.63, 3.8) is 0 Å². The highest BCUT2D eigenvalue weighted by Gasteiger charge is 2.23. The lowest BCUT2D eigenvalue weighted by molar-refractivity contribution is -0.383. The first-order valence-electron chi connectivity index (χ1n) is 9.29. The maximum absolute atomic E-state index is 12.4. The molecule has 2 aromatic carbocycles. The molecule has 2 aromatic rings. The van der Waals surface area contributed by atoms with Crippen LogP contribution >= 0.6 is 0 Å². The van der Waals surface area contributed by atoms with Gasteiger partial charge in [0.25, 0.3) is 11.6 Å². The monoisotopic (exact) mass is 397 g/mol. The van der Waals surface area contributed by atoms with Gasteiger partial charge in [-0.3, -0.25) is 24.6 Å². The van der Waals surface area contributed by atoms with Gasteiger partial charge in [0.1, 0.15) is 5.69 Å². The Morgan fingerprint density at radius 2 is 1.93 bits per heavy atom. The Morgan fingerprint density at radius 3 is 2.59 bits per heavy atom. The second-order valence-electron chi connectivity index (χ2n) is 7.16. The van der Waals surface area contributed by atoms with Crippen LogP contribution in [-0.2, 0) is 11.3 Å². The second-order valence-corrected chi connectivity index (χ2v) is 7.16. The Bertz CT molecular complexity index is 929. The maximum atomic E-state index is 12.4. The van der Waals surface area contributed by atoms with Crippen LogP contribution in [0.2, 0.25) is 0 Å². The van der Waals surface area contributed by atoms with Crippen LogP contribution in [-0.4, -0.2) is 34.7 Å². The molecule has 2 amide bonds. The summed E-state index contributed by atoms with van der Waals surface area (Å²) in [7, 11) is 0. The highest BCUT2D eigenvalue weighted by molar-refractivity contribution is 6.05. The van der Waals surface area contributed by atoms with E-state index in [0.717, 1.165) is 31.0 Å². The largest absolute Gasteiger partial charge is 0.393 e. The molecule has 0 aliphatic carbocycles. The lowest BCUT2D eigenvalue weighted by Gasteiger charge is -2.31. The zero-order valence-electron chi connectivity index (χ0n) is 15.8. The number of primary amides is 1. The molecule has 0 spiro atoms. The number of piperidine rings is 1. The quantitative estimate of drug-likeness (QED) is 0.387. The minimum atomic E-state index is -0.621. The van der Waals surface area contributed by atoms with E-state index in [1.165, 1.54) is 12.1 Å². The number of nitrogen functional groups attached to an aromatic ring is 1. The van der Waals surface area contributed by atoms with Gasteiger partial charge in [0, 0.05) is 30.4 Å². The third-order valence-electron chi connectivity index (χ3n) is 5.02. The van der Waals surface area contributed by atoms with Gasteiger partial charge in [0.2, 0.25) is 5.91 Å². The van der Waals surface area contributed by atoms with Crippen LogP contribution in [0.25, 0.3) is 0 Å². The number of nitro groups is 1. The summed E-state index contributed by atoms with van der Waals surface area (Å²) in [4.78, 5) is 36.3. The van der Waals surface area contributed by atoms with Crippen molar-refractivity contribution < 1.29 is 14.5 Å². The minimum Gasteiger partial charge on any atom is -0.393 e. The molecule has 0 radical (unpaired) electrons. The van der Waals surface area contributed by atoms with Gasteiger partial charge in [-0.05, 0) is 49.2 Å². The molecule has 152 valence electrons. The smallest absolute Gasteiger partial charge is 0.292 e. The van der Waals surface area contributed by atoms with Crippen molar-refractivity contribution in [1.29, 1.82) is 0 Å². The van der Waals surface area contributed by atoms with Gasteiger partial charge in [0.15, 0.2) is 0 Å². The number of nitro benzene ring substituents is 1. The number of benzene rings is 2. The van der Waals surface area contributed by atoms with Gasteiger partial charge in [-0.1, -0.05) is 12.1 Å². The van der Waals surface area contributed by atoms with Crippen molar-refractivity contribution in [3.05, 3.63) is 63.7 Å². The molecule has 9 nitrogen and oxygen atoms in total. The van der Waals surface area contributed by atoms with Gasteiger partial charge in [0.05, 0.1) is 10.8 Å². The molecule has 0 saturated carbocycles. The number of carbonyl (C=O) groups excluding carboxylic acids is 2. The van der Waals surface area contributed by atoms with Crippen molar-refractivity contribution in [2.45, 2.75) is 19.4 Å². The molecule has 1 saturated heterocycles. The van der Waals surface area contributed by atoms with Gasteiger partial charge in [-0.25, -0.2) is 0 Å². The van der Waals surface area contributed by atoms with E-state index < -0.39 is 10.8 Å². The molecule has 3 rings (SSSR count). The zero-order chi connectivity index (χ0) is 21.0. The topological polar surface area (TPSA) is 145 Å². The first-order chi connectivity index (χ1) is 13.8. The summed E-state index contributed by atoms with van der Waals surface area (Å²) >= 11 is 0. The number of nitrogens with two attached hydrogens (primary N) is 2. The number of nitrogens with one attached hydrogen (secondary N) is 1. The number of likely N-dealkylation sites (tertiary alicyclic amines) is 1. The second kappa shape index (κ2) is 8.70. The van der Waals surface area contributed by atoms with Gasteiger partial charge in [-0.2, -0.15) is 0 Å². The molecular formula is C20H23N5O4. The maximum Gasteiger partial charge on any atom is 0.292 e.